The fraction of sp³-hybridized carbons (Fsp3) is 0.0714. The predicted molar refractivity (Wildman–Crippen MR) is 143 cm³/mol. The third-order valence-electron chi connectivity index (χ3n) is 5.61. The van der Waals surface area contributed by atoms with E-state index in [1.165, 1.54) is 16.3 Å². The smallest absolute Gasteiger partial charge is 0.255 e. The molecule has 4 aromatic carbocycles. The number of anilines is 1. The molecule has 0 aliphatic carbocycles. The number of nitrogens with zero attached hydrogens (tertiary/aromatic N) is 2. The van der Waals surface area contributed by atoms with Crippen LogP contribution in [0.25, 0.3) is 10.8 Å². The van der Waals surface area contributed by atoms with Crippen LogP contribution in [0.15, 0.2) is 102 Å². The van der Waals surface area contributed by atoms with Gasteiger partial charge in [0.25, 0.3) is 5.91 Å². The molecule has 5 rings (SSSR count). The van der Waals surface area contributed by atoms with Crippen molar-refractivity contribution in [3.63, 3.8) is 0 Å². The molecule has 0 aliphatic heterocycles. The molecule has 174 valence electrons. The van der Waals surface area contributed by atoms with Crippen molar-refractivity contribution in [3.8, 4) is 5.75 Å². The predicted octanol–water partition coefficient (Wildman–Crippen LogP) is 7.33. The third kappa shape index (κ3) is 5.56. The summed E-state index contributed by atoms with van der Waals surface area (Å²) >= 11 is 9.58. The van der Waals surface area contributed by atoms with Crippen molar-refractivity contribution in [1.82, 2.24) is 9.78 Å². The molecule has 0 bridgehead atoms. The minimum absolute atomic E-state index is 0.196. The van der Waals surface area contributed by atoms with Gasteiger partial charge in [0.15, 0.2) is 0 Å². The Morgan fingerprint density at radius 2 is 1.80 bits per heavy atom. The van der Waals surface area contributed by atoms with E-state index >= 15 is 0 Å². The SMILES string of the molecule is O=C(Nc1cnn(Cc2cccc3ccccc23)c1)c1ccc(COc2ccc(Br)cc2Cl)cc1. The summed E-state index contributed by atoms with van der Waals surface area (Å²) in [6, 6.07) is 27.3. The van der Waals surface area contributed by atoms with Gasteiger partial charge in [-0.15, -0.1) is 0 Å². The summed E-state index contributed by atoms with van der Waals surface area (Å²) in [5.74, 6) is 0.412. The summed E-state index contributed by atoms with van der Waals surface area (Å²) in [4.78, 5) is 12.7. The number of carbonyl (C=O) groups is 1. The van der Waals surface area contributed by atoms with Crippen molar-refractivity contribution in [1.29, 1.82) is 0 Å². The molecule has 0 unspecified atom stereocenters. The Bertz CT molecular complexity index is 1490. The number of carbonyl (C=O) groups excluding carboxylic acids is 1. The molecule has 0 radical (unpaired) electrons. The lowest BCUT2D eigenvalue weighted by atomic mass is 10.0. The van der Waals surface area contributed by atoms with Crippen molar-refractivity contribution >= 4 is 49.9 Å². The van der Waals surface area contributed by atoms with Crippen LogP contribution in [-0.2, 0) is 13.2 Å². The Morgan fingerprint density at radius 3 is 2.63 bits per heavy atom. The molecule has 1 N–H and O–H groups in total. The highest BCUT2D eigenvalue weighted by Gasteiger charge is 2.10. The van der Waals surface area contributed by atoms with Crippen LogP contribution in [0, 0.1) is 0 Å². The number of nitrogens with one attached hydrogen (secondary N) is 1. The molecule has 1 amide bonds. The molecular weight excluding hydrogens is 526 g/mol. The topological polar surface area (TPSA) is 56.2 Å². The van der Waals surface area contributed by atoms with Crippen LogP contribution in [0.5, 0.6) is 5.75 Å². The first-order chi connectivity index (χ1) is 17.0. The molecule has 0 spiro atoms. The lowest BCUT2D eigenvalue weighted by molar-refractivity contribution is 0.102. The molecule has 35 heavy (non-hydrogen) atoms. The van der Waals surface area contributed by atoms with Crippen LogP contribution in [0.1, 0.15) is 21.5 Å². The van der Waals surface area contributed by atoms with Crippen molar-refractivity contribution < 1.29 is 9.53 Å². The van der Waals surface area contributed by atoms with Gasteiger partial charge in [0.1, 0.15) is 12.4 Å². The van der Waals surface area contributed by atoms with Crippen molar-refractivity contribution in [2.24, 2.45) is 0 Å². The van der Waals surface area contributed by atoms with Gasteiger partial charge in [0, 0.05) is 16.2 Å². The normalized spacial score (nSPS) is 10.9. The zero-order valence-corrected chi connectivity index (χ0v) is 21.0. The zero-order valence-electron chi connectivity index (χ0n) is 18.6. The first kappa shape index (κ1) is 23.1. The molecule has 5 aromatic rings. The van der Waals surface area contributed by atoms with E-state index in [0.717, 1.165) is 10.0 Å². The van der Waals surface area contributed by atoms with Crippen LogP contribution in [0.4, 0.5) is 5.69 Å². The van der Waals surface area contributed by atoms with E-state index in [0.29, 0.717) is 35.2 Å². The molecule has 0 atom stereocenters. The van der Waals surface area contributed by atoms with Crippen molar-refractivity contribution in [2.45, 2.75) is 13.2 Å². The van der Waals surface area contributed by atoms with E-state index < -0.39 is 0 Å². The standard InChI is InChI=1S/C28H21BrClN3O2/c29-23-12-13-27(26(30)14-23)35-18-19-8-10-21(11-9-19)28(34)32-24-15-31-33(17-24)16-22-6-3-5-20-4-1-2-7-25(20)22/h1-15,17H,16,18H2,(H,32,34). The summed E-state index contributed by atoms with van der Waals surface area (Å²) in [5.41, 5.74) is 3.31. The fourth-order valence-electron chi connectivity index (χ4n) is 3.83. The van der Waals surface area contributed by atoms with Crippen molar-refractivity contribution in [2.75, 3.05) is 5.32 Å². The number of ether oxygens (including phenoxy) is 1. The first-order valence-corrected chi connectivity index (χ1v) is 12.2. The van der Waals surface area contributed by atoms with Gasteiger partial charge >= 0.3 is 0 Å². The quantitative estimate of drug-likeness (QED) is 0.232. The lowest BCUT2D eigenvalue weighted by Gasteiger charge is -2.09. The summed E-state index contributed by atoms with van der Waals surface area (Å²) in [6.45, 7) is 0.971. The van der Waals surface area contributed by atoms with E-state index in [1.54, 1.807) is 24.4 Å². The highest BCUT2D eigenvalue weighted by atomic mass is 79.9. The van der Waals surface area contributed by atoms with Crippen LogP contribution in [-0.4, -0.2) is 15.7 Å². The Balaban J connectivity index is 1.20. The second-order valence-electron chi connectivity index (χ2n) is 8.08. The number of hydrogen-bond donors (Lipinski definition) is 1. The van der Waals surface area contributed by atoms with E-state index in [1.807, 2.05) is 53.3 Å². The molecular formula is C28H21BrClN3O2. The maximum atomic E-state index is 12.7. The number of amides is 1. The average Bonchev–Trinajstić information content (AvgIpc) is 3.30. The molecule has 0 fully saturated rings. The second-order valence-corrected chi connectivity index (χ2v) is 9.40. The van der Waals surface area contributed by atoms with Gasteiger partial charge in [0.2, 0.25) is 0 Å². The third-order valence-corrected chi connectivity index (χ3v) is 6.40. The zero-order chi connectivity index (χ0) is 24.2. The van der Waals surface area contributed by atoms with Crippen LogP contribution in [0.3, 0.4) is 0 Å². The van der Waals surface area contributed by atoms with Gasteiger partial charge in [-0.3, -0.25) is 9.48 Å². The summed E-state index contributed by atoms with van der Waals surface area (Å²) in [6.07, 6.45) is 3.50. The Hall–Kier alpha value is -3.61. The second kappa shape index (κ2) is 10.3. The van der Waals surface area contributed by atoms with E-state index in [4.69, 9.17) is 16.3 Å². The maximum Gasteiger partial charge on any atom is 0.255 e. The molecule has 5 nitrogen and oxygen atoms in total. The number of rotatable bonds is 7. The highest BCUT2D eigenvalue weighted by molar-refractivity contribution is 9.10. The molecule has 1 heterocycles. The van der Waals surface area contributed by atoms with Crippen LogP contribution >= 0.6 is 27.5 Å². The monoisotopic (exact) mass is 545 g/mol. The summed E-state index contributed by atoms with van der Waals surface area (Å²) in [7, 11) is 0. The van der Waals surface area contributed by atoms with Gasteiger partial charge in [-0.05, 0) is 52.2 Å². The average molecular weight is 547 g/mol. The maximum absolute atomic E-state index is 12.7. The van der Waals surface area contributed by atoms with Crippen molar-refractivity contribution in [3.05, 3.63) is 124 Å². The number of halogens is 2. The fourth-order valence-corrected chi connectivity index (χ4v) is 4.56. The summed E-state index contributed by atoms with van der Waals surface area (Å²) < 4.78 is 8.51. The first-order valence-electron chi connectivity index (χ1n) is 11.0. The largest absolute Gasteiger partial charge is 0.487 e. The van der Waals surface area contributed by atoms with E-state index in [-0.39, 0.29) is 5.91 Å². The lowest BCUT2D eigenvalue weighted by Crippen LogP contribution is -2.11. The van der Waals surface area contributed by atoms with Gasteiger partial charge in [-0.2, -0.15) is 5.10 Å². The minimum Gasteiger partial charge on any atom is -0.487 e. The Morgan fingerprint density at radius 1 is 1.00 bits per heavy atom. The minimum atomic E-state index is -0.196. The van der Waals surface area contributed by atoms with Gasteiger partial charge in [-0.1, -0.05) is 82.1 Å². The molecule has 0 aliphatic rings. The number of hydrogen-bond acceptors (Lipinski definition) is 3. The summed E-state index contributed by atoms with van der Waals surface area (Å²) in [5, 5.41) is 10.3. The molecule has 0 saturated heterocycles. The van der Waals surface area contributed by atoms with Gasteiger partial charge in [-0.25, -0.2) is 0 Å². The molecule has 0 saturated carbocycles. The Kier molecular flexibility index (Phi) is 6.84. The van der Waals surface area contributed by atoms with Crippen LogP contribution < -0.4 is 10.1 Å². The number of fused-ring (bicyclic) bond motifs is 1. The van der Waals surface area contributed by atoms with E-state index in [9.17, 15) is 4.79 Å². The molecule has 7 heteroatoms. The molecule has 1 aromatic heterocycles. The Labute approximate surface area is 216 Å². The van der Waals surface area contributed by atoms with Gasteiger partial charge < -0.3 is 10.1 Å². The van der Waals surface area contributed by atoms with Crippen LogP contribution in [0.2, 0.25) is 5.02 Å². The highest BCUT2D eigenvalue weighted by Crippen LogP contribution is 2.28. The van der Waals surface area contributed by atoms with E-state index in [2.05, 4.69) is 50.6 Å². The van der Waals surface area contributed by atoms with Gasteiger partial charge in [0.05, 0.1) is 23.5 Å². The number of benzene rings is 4. The number of aromatic nitrogens is 2.